The standard InChI is InChI=1S/C12H17N3O3S/c1-7-11(8(2)14-9(3)13-7)12(16)15-10-4-5-19(17,18)6-10/h10H,4-6H2,1-3H3,(H,15,16). The van der Waals surface area contributed by atoms with E-state index in [1.807, 2.05) is 0 Å². The quantitative estimate of drug-likeness (QED) is 0.844. The molecule has 0 aliphatic carbocycles. The topological polar surface area (TPSA) is 89.0 Å². The maximum atomic E-state index is 12.2. The lowest BCUT2D eigenvalue weighted by Crippen LogP contribution is -2.36. The smallest absolute Gasteiger partial charge is 0.255 e. The Bertz CT molecular complexity index is 602. The Morgan fingerprint density at radius 2 is 1.79 bits per heavy atom. The molecule has 104 valence electrons. The molecule has 1 atom stereocenters. The molecule has 1 aliphatic rings. The lowest BCUT2D eigenvalue weighted by molar-refractivity contribution is 0.0939. The van der Waals surface area contributed by atoms with E-state index in [1.165, 1.54) is 0 Å². The van der Waals surface area contributed by atoms with Crippen LogP contribution in [0.3, 0.4) is 0 Å². The van der Waals surface area contributed by atoms with Crippen LogP contribution >= 0.6 is 0 Å². The van der Waals surface area contributed by atoms with Crippen molar-refractivity contribution in [2.45, 2.75) is 33.2 Å². The molecule has 6 nitrogen and oxygen atoms in total. The van der Waals surface area contributed by atoms with Gasteiger partial charge in [0.25, 0.3) is 5.91 Å². The minimum Gasteiger partial charge on any atom is -0.348 e. The van der Waals surface area contributed by atoms with Crippen LogP contribution in [0.15, 0.2) is 0 Å². The predicted molar refractivity (Wildman–Crippen MR) is 70.8 cm³/mol. The molecule has 0 radical (unpaired) electrons. The Hall–Kier alpha value is -1.50. The average Bonchev–Trinajstić information content (AvgIpc) is 2.56. The first-order valence-electron chi connectivity index (χ1n) is 6.11. The van der Waals surface area contributed by atoms with Gasteiger partial charge < -0.3 is 5.32 Å². The molecule has 0 saturated carbocycles. The summed E-state index contributed by atoms with van der Waals surface area (Å²) in [5.41, 5.74) is 1.67. The van der Waals surface area contributed by atoms with Crippen LogP contribution < -0.4 is 5.32 Å². The first-order valence-corrected chi connectivity index (χ1v) is 7.94. The van der Waals surface area contributed by atoms with Crippen LogP contribution in [0.5, 0.6) is 0 Å². The molecule has 0 spiro atoms. The van der Waals surface area contributed by atoms with Gasteiger partial charge in [-0.15, -0.1) is 0 Å². The summed E-state index contributed by atoms with van der Waals surface area (Å²) in [5, 5.41) is 2.75. The molecule has 1 fully saturated rings. The van der Waals surface area contributed by atoms with Crippen molar-refractivity contribution in [2.75, 3.05) is 11.5 Å². The number of rotatable bonds is 2. The number of amides is 1. The number of hydrogen-bond donors (Lipinski definition) is 1. The van der Waals surface area contributed by atoms with Gasteiger partial charge in [0.2, 0.25) is 0 Å². The van der Waals surface area contributed by atoms with Crippen molar-refractivity contribution in [1.82, 2.24) is 15.3 Å². The third-order valence-electron chi connectivity index (χ3n) is 3.18. The Kier molecular flexibility index (Phi) is 3.58. The summed E-state index contributed by atoms with van der Waals surface area (Å²) in [6, 6.07) is -0.308. The lowest BCUT2D eigenvalue weighted by atomic mass is 10.1. The largest absolute Gasteiger partial charge is 0.348 e. The molecule has 1 saturated heterocycles. The zero-order chi connectivity index (χ0) is 14.2. The van der Waals surface area contributed by atoms with Gasteiger partial charge >= 0.3 is 0 Å². The van der Waals surface area contributed by atoms with Crippen LogP contribution in [-0.2, 0) is 9.84 Å². The Labute approximate surface area is 112 Å². The fraction of sp³-hybridized carbons (Fsp3) is 0.583. The Morgan fingerprint density at radius 1 is 1.21 bits per heavy atom. The molecule has 1 amide bonds. The van der Waals surface area contributed by atoms with Crippen LogP contribution in [0.25, 0.3) is 0 Å². The molecule has 1 aliphatic heterocycles. The SMILES string of the molecule is Cc1nc(C)c(C(=O)NC2CCS(=O)(=O)C2)c(C)n1. The highest BCUT2D eigenvalue weighted by atomic mass is 32.2. The van der Waals surface area contributed by atoms with E-state index in [2.05, 4.69) is 15.3 Å². The Balaban J connectivity index is 2.18. The monoisotopic (exact) mass is 283 g/mol. The molecule has 1 aromatic heterocycles. The first-order chi connectivity index (χ1) is 8.78. The van der Waals surface area contributed by atoms with Gasteiger partial charge in [-0.05, 0) is 27.2 Å². The van der Waals surface area contributed by atoms with Crippen molar-refractivity contribution in [3.63, 3.8) is 0 Å². The third-order valence-corrected chi connectivity index (χ3v) is 4.95. The highest BCUT2D eigenvalue weighted by Gasteiger charge is 2.30. The zero-order valence-electron chi connectivity index (χ0n) is 11.2. The maximum absolute atomic E-state index is 12.2. The van der Waals surface area contributed by atoms with Crippen molar-refractivity contribution in [1.29, 1.82) is 0 Å². The van der Waals surface area contributed by atoms with E-state index in [4.69, 9.17) is 0 Å². The Morgan fingerprint density at radius 3 is 2.26 bits per heavy atom. The summed E-state index contributed by atoms with van der Waals surface area (Å²) in [6.07, 6.45) is 0.471. The molecule has 2 heterocycles. The number of hydrogen-bond acceptors (Lipinski definition) is 5. The number of carbonyl (C=O) groups is 1. The van der Waals surface area contributed by atoms with Crippen molar-refractivity contribution in [2.24, 2.45) is 0 Å². The van der Waals surface area contributed by atoms with Gasteiger partial charge in [0.05, 0.1) is 28.5 Å². The fourth-order valence-electron chi connectivity index (χ4n) is 2.38. The number of aryl methyl sites for hydroxylation is 3. The second kappa shape index (κ2) is 4.88. The number of carbonyl (C=O) groups excluding carboxylic acids is 1. The molecular formula is C12H17N3O3S. The van der Waals surface area contributed by atoms with Gasteiger partial charge in [0.15, 0.2) is 9.84 Å². The second-order valence-corrected chi connectivity index (χ2v) is 7.12. The molecule has 2 rings (SSSR count). The van der Waals surface area contributed by atoms with Gasteiger partial charge in [-0.3, -0.25) is 4.79 Å². The molecule has 1 N–H and O–H groups in total. The summed E-state index contributed by atoms with van der Waals surface area (Å²) in [5.74, 6) is 0.483. The molecular weight excluding hydrogens is 266 g/mol. The summed E-state index contributed by atoms with van der Waals surface area (Å²) < 4.78 is 22.7. The fourth-order valence-corrected chi connectivity index (χ4v) is 4.05. The highest BCUT2D eigenvalue weighted by molar-refractivity contribution is 7.91. The zero-order valence-corrected chi connectivity index (χ0v) is 12.0. The van der Waals surface area contributed by atoms with E-state index in [0.717, 1.165) is 0 Å². The van der Waals surface area contributed by atoms with Crippen molar-refractivity contribution in [3.05, 3.63) is 22.8 Å². The molecule has 19 heavy (non-hydrogen) atoms. The molecule has 0 bridgehead atoms. The van der Waals surface area contributed by atoms with Crippen molar-refractivity contribution >= 4 is 15.7 Å². The molecule has 1 unspecified atom stereocenters. The summed E-state index contributed by atoms with van der Waals surface area (Å²) in [4.78, 5) is 20.5. The number of aromatic nitrogens is 2. The maximum Gasteiger partial charge on any atom is 0.255 e. The summed E-state index contributed by atoms with van der Waals surface area (Å²) in [7, 11) is -3.00. The van der Waals surface area contributed by atoms with E-state index >= 15 is 0 Å². The van der Waals surface area contributed by atoms with Gasteiger partial charge in [-0.1, -0.05) is 0 Å². The summed E-state index contributed by atoms with van der Waals surface area (Å²) >= 11 is 0. The van der Waals surface area contributed by atoms with Crippen LogP contribution in [0.2, 0.25) is 0 Å². The molecule has 7 heteroatoms. The van der Waals surface area contributed by atoms with Gasteiger partial charge in [0.1, 0.15) is 5.82 Å². The number of nitrogens with zero attached hydrogens (tertiary/aromatic N) is 2. The van der Waals surface area contributed by atoms with Crippen LogP contribution in [0.1, 0.15) is 34.0 Å². The van der Waals surface area contributed by atoms with E-state index in [9.17, 15) is 13.2 Å². The normalized spacial score (nSPS) is 21.3. The van der Waals surface area contributed by atoms with E-state index in [-0.39, 0.29) is 23.5 Å². The minimum atomic E-state index is -3.00. The minimum absolute atomic E-state index is 0.0174. The van der Waals surface area contributed by atoms with Crippen LogP contribution in [0, 0.1) is 20.8 Å². The van der Waals surface area contributed by atoms with E-state index < -0.39 is 9.84 Å². The third kappa shape index (κ3) is 3.09. The van der Waals surface area contributed by atoms with Gasteiger partial charge in [-0.2, -0.15) is 0 Å². The first kappa shape index (κ1) is 13.9. The number of nitrogens with one attached hydrogen (secondary N) is 1. The second-order valence-electron chi connectivity index (χ2n) is 4.89. The van der Waals surface area contributed by atoms with Crippen molar-refractivity contribution in [3.8, 4) is 0 Å². The van der Waals surface area contributed by atoms with Gasteiger partial charge in [0, 0.05) is 6.04 Å². The summed E-state index contributed by atoms with van der Waals surface area (Å²) in [6.45, 7) is 5.27. The number of sulfone groups is 1. The van der Waals surface area contributed by atoms with E-state index in [1.54, 1.807) is 20.8 Å². The lowest BCUT2D eigenvalue weighted by Gasteiger charge is -2.13. The predicted octanol–water partition coefficient (Wildman–Crippen LogP) is 0.319. The van der Waals surface area contributed by atoms with Crippen molar-refractivity contribution < 1.29 is 13.2 Å². The average molecular weight is 283 g/mol. The van der Waals surface area contributed by atoms with Gasteiger partial charge in [-0.25, -0.2) is 18.4 Å². The van der Waals surface area contributed by atoms with Crippen LogP contribution in [-0.4, -0.2) is 41.8 Å². The highest BCUT2D eigenvalue weighted by Crippen LogP contribution is 2.14. The molecule has 0 aromatic carbocycles. The van der Waals surface area contributed by atoms with E-state index in [0.29, 0.717) is 29.2 Å². The molecule has 1 aromatic rings. The van der Waals surface area contributed by atoms with Crippen LogP contribution in [0.4, 0.5) is 0 Å².